The molecule has 0 aliphatic carbocycles. The molecule has 2 aliphatic rings. The Balaban J connectivity index is 1.85. The average molecular weight is 385 g/mol. The quantitative estimate of drug-likeness (QED) is 0.622. The predicted octanol–water partition coefficient (Wildman–Crippen LogP) is 2.41. The molecule has 0 saturated carbocycles. The van der Waals surface area contributed by atoms with E-state index >= 15 is 0 Å². The van der Waals surface area contributed by atoms with Crippen molar-refractivity contribution in [2.45, 2.75) is 5.41 Å². The highest BCUT2D eigenvalue weighted by atomic mass is 16.5. The minimum Gasteiger partial charge on any atom is -0.497 e. The summed E-state index contributed by atoms with van der Waals surface area (Å²) >= 11 is 0. The van der Waals surface area contributed by atoms with Crippen LogP contribution in [0.3, 0.4) is 0 Å². The van der Waals surface area contributed by atoms with E-state index in [1.54, 1.807) is 31.4 Å². The Morgan fingerprint density at radius 3 is 2.69 bits per heavy atom. The Bertz CT molecular complexity index is 1240. The van der Waals surface area contributed by atoms with Crippen molar-refractivity contribution >= 4 is 11.6 Å². The van der Waals surface area contributed by atoms with Gasteiger partial charge in [-0.2, -0.15) is 5.26 Å². The molecule has 1 atom stereocenters. The van der Waals surface area contributed by atoms with Crippen LogP contribution in [0.1, 0.15) is 11.1 Å². The van der Waals surface area contributed by atoms with Gasteiger partial charge in [-0.15, -0.1) is 5.10 Å². The maximum absolute atomic E-state index is 13.4. The van der Waals surface area contributed by atoms with Crippen LogP contribution in [-0.2, 0) is 10.2 Å². The highest BCUT2D eigenvalue weighted by Crippen LogP contribution is 2.55. The van der Waals surface area contributed by atoms with E-state index in [0.29, 0.717) is 28.3 Å². The summed E-state index contributed by atoms with van der Waals surface area (Å²) < 4.78 is 10.8. The number of aromatic nitrogens is 2. The Labute approximate surface area is 165 Å². The number of carbonyl (C=O) groups is 1. The Morgan fingerprint density at radius 2 is 1.97 bits per heavy atom. The lowest BCUT2D eigenvalue weighted by Crippen LogP contribution is -2.42. The number of nitrogens with one attached hydrogen (secondary N) is 2. The topological polar surface area (TPSA) is 126 Å². The maximum atomic E-state index is 13.4. The van der Waals surface area contributed by atoms with Gasteiger partial charge in [-0.05, 0) is 30.3 Å². The van der Waals surface area contributed by atoms with E-state index in [4.69, 9.17) is 15.2 Å². The van der Waals surface area contributed by atoms with Crippen LogP contribution in [0.15, 0.2) is 60.0 Å². The fourth-order valence-electron chi connectivity index (χ4n) is 4.07. The number of aromatic amines is 1. The van der Waals surface area contributed by atoms with Crippen LogP contribution in [0.5, 0.6) is 11.6 Å². The number of benzene rings is 2. The first-order valence-corrected chi connectivity index (χ1v) is 8.83. The molecule has 2 aromatic carbocycles. The van der Waals surface area contributed by atoms with Gasteiger partial charge in [0, 0.05) is 16.8 Å². The molecule has 1 spiro atoms. The molecule has 29 heavy (non-hydrogen) atoms. The summed E-state index contributed by atoms with van der Waals surface area (Å²) in [5.74, 6) is 0.344. The zero-order valence-corrected chi connectivity index (χ0v) is 15.3. The summed E-state index contributed by atoms with van der Waals surface area (Å²) in [4.78, 5) is 13.4. The molecule has 4 N–H and O–H groups in total. The molecule has 0 bridgehead atoms. The van der Waals surface area contributed by atoms with Gasteiger partial charge in [0.15, 0.2) is 0 Å². The first-order valence-electron chi connectivity index (χ1n) is 8.83. The van der Waals surface area contributed by atoms with Gasteiger partial charge in [0.2, 0.25) is 17.7 Å². The number of nitrogens with two attached hydrogens (primary N) is 1. The van der Waals surface area contributed by atoms with Gasteiger partial charge < -0.3 is 20.5 Å². The van der Waals surface area contributed by atoms with Crippen molar-refractivity contribution in [2.24, 2.45) is 5.73 Å². The highest BCUT2D eigenvalue weighted by molar-refractivity contribution is 6.13. The summed E-state index contributed by atoms with van der Waals surface area (Å²) in [5.41, 5.74) is 7.66. The molecule has 0 fully saturated rings. The number of carbonyl (C=O) groups excluding carboxylic acids is 1. The van der Waals surface area contributed by atoms with Crippen LogP contribution >= 0.6 is 0 Å². The van der Waals surface area contributed by atoms with E-state index in [2.05, 4.69) is 21.6 Å². The molecular formula is C21H15N5O3. The number of para-hydroxylation sites is 1. The molecule has 8 heteroatoms. The normalized spacial score (nSPS) is 19.2. The van der Waals surface area contributed by atoms with Crippen LogP contribution in [0.2, 0.25) is 0 Å². The van der Waals surface area contributed by atoms with Gasteiger partial charge in [-0.1, -0.05) is 18.2 Å². The van der Waals surface area contributed by atoms with Crippen molar-refractivity contribution in [3.8, 4) is 29.0 Å². The fourth-order valence-corrected chi connectivity index (χ4v) is 4.07. The predicted molar refractivity (Wildman–Crippen MR) is 104 cm³/mol. The van der Waals surface area contributed by atoms with Crippen LogP contribution in [0.25, 0.3) is 11.3 Å². The van der Waals surface area contributed by atoms with Gasteiger partial charge >= 0.3 is 0 Å². The average Bonchev–Trinajstić information content (AvgIpc) is 3.28. The molecule has 0 saturated heterocycles. The third-order valence-electron chi connectivity index (χ3n) is 5.35. The van der Waals surface area contributed by atoms with Crippen molar-refractivity contribution < 1.29 is 14.3 Å². The van der Waals surface area contributed by atoms with Gasteiger partial charge in [0.25, 0.3) is 0 Å². The molecule has 8 nitrogen and oxygen atoms in total. The summed E-state index contributed by atoms with van der Waals surface area (Å²) in [7, 11) is 1.59. The highest BCUT2D eigenvalue weighted by Gasteiger charge is 2.58. The molecule has 3 heterocycles. The van der Waals surface area contributed by atoms with Gasteiger partial charge in [-0.25, -0.2) is 0 Å². The fraction of sp³-hybridized carbons (Fsp3) is 0.0952. The number of hydrogen-bond donors (Lipinski definition) is 3. The van der Waals surface area contributed by atoms with Crippen molar-refractivity contribution in [3.63, 3.8) is 0 Å². The lowest BCUT2D eigenvalue weighted by molar-refractivity contribution is -0.118. The summed E-state index contributed by atoms with van der Waals surface area (Å²) in [6, 6.07) is 16.6. The monoisotopic (exact) mass is 385 g/mol. The van der Waals surface area contributed by atoms with Crippen LogP contribution < -0.4 is 20.5 Å². The molecule has 2 aliphatic heterocycles. The number of nitriles is 1. The van der Waals surface area contributed by atoms with Crippen molar-refractivity contribution in [1.82, 2.24) is 10.2 Å². The smallest absolute Gasteiger partial charge is 0.245 e. The third kappa shape index (κ3) is 2.07. The molecule has 5 rings (SSSR count). The SMILES string of the molecule is COc1ccc(-c2[nH]nc3c2C2(C(=O)Nc4ccccc42)C(C#N)=C(N)O3)cc1. The summed E-state index contributed by atoms with van der Waals surface area (Å²) in [6.45, 7) is 0. The minimum atomic E-state index is -1.45. The van der Waals surface area contributed by atoms with Crippen molar-refractivity contribution in [2.75, 3.05) is 12.4 Å². The van der Waals surface area contributed by atoms with Gasteiger partial charge in [-0.3, -0.25) is 9.89 Å². The second kappa shape index (κ2) is 5.87. The summed E-state index contributed by atoms with van der Waals surface area (Å²) in [6.07, 6.45) is 0. The number of methoxy groups -OCH3 is 1. The first kappa shape index (κ1) is 16.9. The van der Waals surface area contributed by atoms with Crippen LogP contribution in [0.4, 0.5) is 5.69 Å². The van der Waals surface area contributed by atoms with Crippen LogP contribution in [-0.4, -0.2) is 23.2 Å². The second-order valence-electron chi connectivity index (χ2n) is 6.71. The van der Waals surface area contributed by atoms with E-state index in [1.165, 1.54) is 0 Å². The molecule has 142 valence electrons. The van der Waals surface area contributed by atoms with E-state index in [1.807, 2.05) is 24.3 Å². The van der Waals surface area contributed by atoms with Crippen molar-refractivity contribution in [1.29, 1.82) is 5.26 Å². The molecule has 1 unspecified atom stereocenters. The summed E-state index contributed by atoms with van der Waals surface area (Å²) in [5, 5.41) is 20.0. The van der Waals surface area contributed by atoms with E-state index in [9.17, 15) is 10.1 Å². The Morgan fingerprint density at radius 1 is 1.21 bits per heavy atom. The Hall–Kier alpha value is -4.25. The number of H-pyrrole nitrogens is 1. The zero-order valence-electron chi connectivity index (χ0n) is 15.3. The van der Waals surface area contributed by atoms with Gasteiger partial charge in [0.1, 0.15) is 22.8 Å². The van der Waals surface area contributed by atoms with E-state index in [0.717, 1.165) is 5.56 Å². The number of hydrogen-bond acceptors (Lipinski definition) is 6. The number of nitrogens with zero attached hydrogens (tertiary/aromatic N) is 2. The Kier molecular flexibility index (Phi) is 3.42. The minimum absolute atomic E-state index is 0.0311. The lowest BCUT2D eigenvalue weighted by atomic mass is 9.68. The molecule has 3 aromatic rings. The number of rotatable bonds is 2. The number of amides is 1. The first-order chi connectivity index (χ1) is 14.1. The zero-order chi connectivity index (χ0) is 20.2. The molecular weight excluding hydrogens is 370 g/mol. The van der Waals surface area contributed by atoms with E-state index < -0.39 is 5.41 Å². The number of anilines is 1. The third-order valence-corrected chi connectivity index (χ3v) is 5.35. The number of ether oxygens (including phenoxy) is 2. The molecule has 1 aromatic heterocycles. The lowest BCUT2D eigenvalue weighted by Gasteiger charge is -2.31. The van der Waals surface area contributed by atoms with E-state index in [-0.39, 0.29) is 23.2 Å². The van der Waals surface area contributed by atoms with Crippen LogP contribution in [0, 0.1) is 11.3 Å². The second-order valence-corrected chi connectivity index (χ2v) is 6.71. The van der Waals surface area contributed by atoms with Gasteiger partial charge in [0.05, 0.1) is 18.4 Å². The standard InChI is InChI=1S/C21H15N5O3/c1-28-12-8-6-11(7-9-12)17-16-19(26-25-17)29-18(23)14(10-22)21(16)13-4-2-3-5-15(13)24-20(21)27/h2-9H,23H2,1H3,(H,24,27)(H,25,26). The van der Waals surface area contributed by atoms with Crippen molar-refractivity contribution in [3.05, 3.63) is 71.1 Å². The molecule has 0 radical (unpaired) electrons. The maximum Gasteiger partial charge on any atom is 0.245 e. The largest absolute Gasteiger partial charge is 0.497 e. The molecule has 1 amide bonds. The number of fused-ring (bicyclic) bond motifs is 4.